The fourth-order valence-corrected chi connectivity index (χ4v) is 1.98. The Labute approximate surface area is 114 Å². The molecule has 1 rings (SSSR count). The molecule has 0 bridgehead atoms. The van der Waals surface area contributed by atoms with Gasteiger partial charge in [0.25, 0.3) is 0 Å². The van der Waals surface area contributed by atoms with E-state index in [1.807, 2.05) is 6.07 Å². The maximum Gasteiger partial charge on any atom is 0.312 e. The van der Waals surface area contributed by atoms with Gasteiger partial charge >= 0.3 is 5.69 Å². The van der Waals surface area contributed by atoms with E-state index in [4.69, 9.17) is 4.74 Å². The van der Waals surface area contributed by atoms with Crippen molar-refractivity contribution in [3.63, 3.8) is 0 Å². The lowest BCUT2D eigenvalue weighted by Gasteiger charge is -2.15. The van der Waals surface area contributed by atoms with E-state index < -0.39 is 4.92 Å². The van der Waals surface area contributed by atoms with Crippen LogP contribution in [0.1, 0.15) is 39.5 Å². The molecule has 0 radical (unpaired) electrons. The number of unbranched alkanes of at least 4 members (excludes halogenated alkanes) is 2. The summed E-state index contributed by atoms with van der Waals surface area (Å²) in [6, 6.07) is 5.26. The number of hydrogen-bond donors (Lipinski definition) is 1. The molecule has 5 nitrogen and oxygen atoms in total. The van der Waals surface area contributed by atoms with Crippen molar-refractivity contribution in [2.45, 2.75) is 45.6 Å². The minimum absolute atomic E-state index is 0.00624. The summed E-state index contributed by atoms with van der Waals surface area (Å²) < 4.78 is 4.98. The molecule has 0 aromatic heterocycles. The molecule has 0 fully saturated rings. The number of nitrogens with zero attached hydrogens (tertiary/aromatic N) is 1. The highest BCUT2D eigenvalue weighted by Gasteiger charge is 2.15. The first-order chi connectivity index (χ1) is 9.08. The number of methoxy groups -OCH3 is 1. The van der Waals surface area contributed by atoms with Crippen molar-refractivity contribution < 1.29 is 9.66 Å². The Balaban J connectivity index is 2.68. The molecule has 1 aromatic rings. The summed E-state index contributed by atoms with van der Waals surface area (Å²) in [5, 5.41) is 14.2. The van der Waals surface area contributed by atoms with Gasteiger partial charge < -0.3 is 10.1 Å². The summed E-state index contributed by atoms with van der Waals surface area (Å²) in [6.45, 7) is 4.26. The van der Waals surface area contributed by atoms with Crippen molar-refractivity contribution >= 4 is 11.4 Å². The topological polar surface area (TPSA) is 64.4 Å². The Bertz CT molecular complexity index is 421. The molecule has 1 atom stereocenters. The molecule has 106 valence electrons. The highest BCUT2D eigenvalue weighted by molar-refractivity contribution is 5.58. The smallest absolute Gasteiger partial charge is 0.312 e. The number of rotatable bonds is 8. The molecule has 0 amide bonds. The average Bonchev–Trinajstić information content (AvgIpc) is 2.39. The number of benzene rings is 1. The summed E-state index contributed by atoms with van der Waals surface area (Å²) in [4.78, 5) is 10.5. The molecule has 1 unspecified atom stereocenters. The monoisotopic (exact) mass is 266 g/mol. The third-order valence-electron chi connectivity index (χ3n) is 3.03. The maximum absolute atomic E-state index is 10.9. The molecular formula is C14H22N2O3. The van der Waals surface area contributed by atoms with Gasteiger partial charge in [-0.15, -0.1) is 0 Å². The highest BCUT2D eigenvalue weighted by Crippen LogP contribution is 2.30. The van der Waals surface area contributed by atoms with E-state index in [0.29, 0.717) is 6.04 Å². The van der Waals surface area contributed by atoms with Crippen LogP contribution in [-0.4, -0.2) is 18.1 Å². The lowest BCUT2D eigenvalue weighted by molar-refractivity contribution is -0.385. The zero-order valence-electron chi connectivity index (χ0n) is 11.8. The molecular weight excluding hydrogens is 244 g/mol. The highest BCUT2D eigenvalue weighted by atomic mass is 16.6. The molecule has 0 heterocycles. The third-order valence-corrected chi connectivity index (χ3v) is 3.03. The summed E-state index contributed by atoms with van der Waals surface area (Å²) >= 11 is 0. The van der Waals surface area contributed by atoms with E-state index in [2.05, 4.69) is 19.2 Å². The molecule has 0 aliphatic rings. The van der Waals surface area contributed by atoms with E-state index >= 15 is 0 Å². The van der Waals surface area contributed by atoms with E-state index in [-0.39, 0.29) is 11.4 Å². The van der Waals surface area contributed by atoms with Gasteiger partial charge in [0.05, 0.1) is 12.0 Å². The minimum atomic E-state index is -0.425. The number of nitro groups is 1. The predicted octanol–water partition coefficient (Wildman–Crippen LogP) is 3.98. The molecule has 0 aliphatic heterocycles. The van der Waals surface area contributed by atoms with E-state index in [1.54, 1.807) is 6.07 Å². The standard InChI is InChI=1S/C14H22N2O3/c1-4-5-6-7-11(2)15-12-8-9-14(19-3)13(10-12)16(17)18/h8-11,15H,4-7H2,1-3H3. The summed E-state index contributed by atoms with van der Waals surface area (Å²) in [7, 11) is 1.43. The Morgan fingerprint density at radius 3 is 2.74 bits per heavy atom. The second kappa shape index (κ2) is 7.61. The first kappa shape index (κ1) is 15.3. The van der Waals surface area contributed by atoms with Crippen molar-refractivity contribution in [3.8, 4) is 5.75 Å². The van der Waals surface area contributed by atoms with Crippen LogP contribution in [0.15, 0.2) is 18.2 Å². The number of hydrogen-bond acceptors (Lipinski definition) is 4. The zero-order chi connectivity index (χ0) is 14.3. The third kappa shape index (κ3) is 4.77. The molecule has 0 spiro atoms. The minimum Gasteiger partial charge on any atom is -0.490 e. The average molecular weight is 266 g/mol. The quantitative estimate of drug-likeness (QED) is 0.439. The van der Waals surface area contributed by atoms with Gasteiger partial charge in [-0.3, -0.25) is 10.1 Å². The molecule has 1 aromatic carbocycles. The Hall–Kier alpha value is -1.78. The Kier molecular flexibility index (Phi) is 6.12. The summed E-state index contributed by atoms with van der Waals surface area (Å²) in [5.74, 6) is 0.286. The molecule has 0 saturated carbocycles. The molecule has 0 aliphatic carbocycles. The lowest BCUT2D eigenvalue weighted by Crippen LogP contribution is -2.15. The molecule has 0 saturated heterocycles. The number of nitrogens with one attached hydrogen (secondary N) is 1. The Morgan fingerprint density at radius 1 is 1.42 bits per heavy atom. The number of anilines is 1. The lowest BCUT2D eigenvalue weighted by atomic mass is 10.1. The second-order valence-corrected chi connectivity index (χ2v) is 4.68. The first-order valence-corrected chi connectivity index (χ1v) is 6.67. The largest absolute Gasteiger partial charge is 0.490 e. The fraction of sp³-hybridized carbons (Fsp3) is 0.571. The van der Waals surface area contributed by atoms with Gasteiger partial charge in [-0.2, -0.15) is 0 Å². The van der Waals surface area contributed by atoms with Crippen LogP contribution in [0.4, 0.5) is 11.4 Å². The fourth-order valence-electron chi connectivity index (χ4n) is 1.98. The van der Waals surface area contributed by atoms with Crippen molar-refractivity contribution in [1.29, 1.82) is 0 Å². The van der Waals surface area contributed by atoms with E-state index in [0.717, 1.165) is 12.1 Å². The van der Waals surface area contributed by atoms with Crippen LogP contribution in [0, 0.1) is 10.1 Å². The van der Waals surface area contributed by atoms with Gasteiger partial charge in [0, 0.05) is 17.8 Å². The van der Waals surface area contributed by atoms with Gasteiger partial charge in [-0.1, -0.05) is 26.2 Å². The van der Waals surface area contributed by atoms with Crippen LogP contribution < -0.4 is 10.1 Å². The summed E-state index contributed by atoms with van der Waals surface area (Å²) in [6.07, 6.45) is 4.64. The number of nitro benzene ring substituents is 1. The van der Waals surface area contributed by atoms with Gasteiger partial charge in [-0.05, 0) is 25.5 Å². The second-order valence-electron chi connectivity index (χ2n) is 4.68. The van der Waals surface area contributed by atoms with E-state index in [1.165, 1.54) is 32.4 Å². The van der Waals surface area contributed by atoms with Gasteiger partial charge in [0.2, 0.25) is 0 Å². The summed E-state index contributed by atoms with van der Waals surface area (Å²) in [5.41, 5.74) is 0.754. The number of ether oxygens (including phenoxy) is 1. The van der Waals surface area contributed by atoms with Gasteiger partial charge in [0.15, 0.2) is 5.75 Å². The SMILES string of the molecule is CCCCCC(C)Nc1ccc(OC)c([N+](=O)[O-])c1. The van der Waals surface area contributed by atoms with Gasteiger partial charge in [0.1, 0.15) is 0 Å². The molecule has 19 heavy (non-hydrogen) atoms. The first-order valence-electron chi connectivity index (χ1n) is 6.67. The van der Waals surface area contributed by atoms with Crippen LogP contribution in [0.5, 0.6) is 5.75 Å². The molecule has 5 heteroatoms. The van der Waals surface area contributed by atoms with Crippen molar-refractivity contribution in [2.75, 3.05) is 12.4 Å². The van der Waals surface area contributed by atoms with E-state index in [9.17, 15) is 10.1 Å². The molecule has 1 N–H and O–H groups in total. The van der Waals surface area contributed by atoms with Crippen LogP contribution in [0.25, 0.3) is 0 Å². The van der Waals surface area contributed by atoms with Crippen LogP contribution in [0.3, 0.4) is 0 Å². The van der Waals surface area contributed by atoms with Crippen molar-refractivity contribution in [1.82, 2.24) is 0 Å². The van der Waals surface area contributed by atoms with Crippen LogP contribution in [0.2, 0.25) is 0 Å². The normalized spacial score (nSPS) is 11.9. The predicted molar refractivity (Wildman–Crippen MR) is 76.9 cm³/mol. The van der Waals surface area contributed by atoms with Crippen LogP contribution >= 0.6 is 0 Å². The zero-order valence-corrected chi connectivity index (χ0v) is 11.8. The maximum atomic E-state index is 10.9. The van der Waals surface area contributed by atoms with Crippen LogP contribution in [-0.2, 0) is 0 Å². The van der Waals surface area contributed by atoms with Gasteiger partial charge in [-0.25, -0.2) is 0 Å². The van der Waals surface area contributed by atoms with Crippen molar-refractivity contribution in [3.05, 3.63) is 28.3 Å². The van der Waals surface area contributed by atoms with Crippen molar-refractivity contribution in [2.24, 2.45) is 0 Å². The Morgan fingerprint density at radius 2 is 2.16 bits per heavy atom.